The van der Waals surface area contributed by atoms with Gasteiger partial charge in [0, 0.05) is 0 Å². The molecule has 0 saturated heterocycles. The molecule has 2 atom stereocenters. The Bertz CT molecular complexity index is 223. The fraction of sp³-hybridized carbons (Fsp3) is 1.00. The van der Waals surface area contributed by atoms with E-state index in [2.05, 4.69) is 46.7 Å². The third-order valence-electron chi connectivity index (χ3n) is 5.32. The molecule has 0 aromatic heterocycles. The zero-order valence-electron chi connectivity index (χ0n) is 12.7. The second-order valence-electron chi connectivity index (χ2n) is 6.17. The molecule has 0 aromatic rings. The summed E-state index contributed by atoms with van der Waals surface area (Å²) in [5.41, 5.74) is 0.288. The van der Waals surface area contributed by atoms with Crippen molar-refractivity contribution in [2.75, 3.05) is 6.54 Å². The average Bonchev–Trinajstić information content (AvgIpc) is 2.35. The summed E-state index contributed by atoms with van der Waals surface area (Å²) >= 11 is 0. The summed E-state index contributed by atoms with van der Waals surface area (Å²) in [4.78, 5) is 10.8. The van der Waals surface area contributed by atoms with Gasteiger partial charge in [-0.2, -0.15) is 4.91 Å². The van der Waals surface area contributed by atoms with Gasteiger partial charge in [0.1, 0.15) is 0 Å². The summed E-state index contributed by atoms with van der Waals surface area (Å²) < 4.78 is 0. The van der Waals surface area contributed by atoms with Gasteiger partial charge in [0.15, 0.2) is 0 Å². The normalized spacial score (nSPS) is 17.5. The summed E-state index contributed by atoms with van der Waals surface area (Å²) in [5, 5.41) is 3.22. The molecule has 0 aliphatic carbocycles. The molecule has 0 fully saturated rings. The maximum atomic E-state index is 10.8. The van der Waals surface area contributed by atoms with Gasteiger partial charge in [-0.15, -0.1) is 0 Å². The molecule has 2 nitrogen and oxygen atoms in total. The Kier molecular flexibility index (Phi) is 6.96. The Morgan fingerprint density at radius 1 is 1.06 bits per heavy atom. The molecule has 0 heterocycles. The highest BCUT2D eigenvalue weighted by Crippen LogP contribution is 2.48. The van der Waals surface area contributed by atoms with Crippen LogP contribution in [-0.2, 0) is 0 Å². The maximum absolute atomic E-state index is 10.8. The van der Waals surface area contributed by atoms with Gasteiger partial charge in [-0.1, -0.05) is 72.4 Å². The minimum atomic E-state index is 0.0572. The molecule has 2 unspecified atom stereocenters. The van der Waals surface area contributed by atoms with Crippen LogP contribution in [0.1, 0.15) is 73.6 Å². The SMILES string of the molecule is CCC(C)CCC(C)(CN=O)C(C)(CC)CC. The van der Waals surface area contributed by atoms with Crippen molar-refractivity contribution < 1.29 is 0 Å². The van der Waals surface area contributed by atoms with E-state index in [4.69, 9.17) is 0 Å². The van der Waals surface area contributed by atoms with Crippen LogP contribution in [0.2, 0.25) is 0 Å². The largest absolute Gasteiger partial charge is 0.151 e. The van der Waals surface area contributed by atoms with Gasteiger partial charge in [-0.25, -0.2) is 0 Å². The van der Waals surface area contributed by atoms with Crippen molar-refractivity contribution in [1.29, 1.82) is 0 Å². The second-order valence-corrected chi connectivity index (χ2v) is 6.17. The summed E-state index contributed by atoms with van der Waals surface area (Å²) in [6.07, 6.45) is 5.79. The van der Waals surface area contributed by atoms with Gasteiger partial charge >= 0.3 is 0 Å². The third-order valence-corrected chi connectivity index (χ3v) is 5.32. The zero-order valence-corrected chi connectivity index (χ0v) is 12.7. The molecule has 0 N–H and O–H groups in total. The lowest BCUT2D eigenvalue weighted by molar-refractivity contribution is 0.0515. The van der Waals surface area contributed by atoms with Crippen molar-refractivity contribution >= 4 is 0 Å². The Hall–Kier alpha value is -0.400. The minimum absolute atomic E-state index is 0.0572. The molecule has 0 amide bonds. The number of hydrogen-bond donors (Lipinski definition) is 0. The molecule has 0 rings (SSSR count). The van der Waals surface area contributed by atoms with E-state index < -0.39 is 0 Å². The first-order valence-corrected chi connectivity index (χ1v) is 7.18. The van der Waals surface area contributed by atoms with Crippen molar-refractivity contribution in [3.63, 3.8) is 0 Å². The highest BCUT2D eigenvalue weighted by atomic mass is 16.3. The number of nitroso groups, excluding NO2 is 1. The number of nitrogens with zero attached hydrogens (tertiary/aromatic N) is 1. The van der Waals surface area contributed by atoms with E-state index in [9.17, 15) is 4.91 Å². The molecule has 0 bridgehead atoms. The van der Waals surface area contributed by atoms with Gasteiger partial charge in [-0.05, 0) is 23.2 Å². The third kappa shape index (κ3) is 4.08. The molecule has 0 saturated carbocycles. The molecule has 2 heteroatoms. The highest BCUT2D eigenvalue weighted by Gasteiger charge is 2.41. The van der Waals surface area contributed by atoms with Crippen molar-refractivity contribution in [1.82, 2.24) is 0 Å². The van der Waals surface area contributed by atoms with Crippen molar-refractivity contribution in [3.05, 3.63) is 4.91 Å². The molecule has 17 heavy (non-hydrogen) atoms. The average molecular weight is 241 g/mol. The van der Waals surface area contributed by atoms with Crippen LogP contribution in [0.4, 0.5) is 0 Å². The van der Waals surface area contributed by atoms with Crippen LogP contribution in [0, 0.1) is 21.7 Å². The van der Waals surface area contributed by atoms with E-state index in [1.165, 1.54) is 12.8 Å². The topological polar surface area (TPSA) is 29.4 Å². The molecular weight excluding hydrogens is 210 g/mol. The van der Waals surface area contributed by atoms with Crippen LogP contribution in [0.3, 0.4) is 0 Å². The highest BCUT2D eigenvalue weighted by molar-refractivity contribution is 4.92. The van der Waals surface area contributed by atoms with Crippen LogP contribution in [-0.4, -0.2) is 6.54 Å². The molecular formula is C15H31NO. The van der Waals surface area contributed by atoms with Crippen LogP contribution in [0.15, 0.2) is 5.18 Å². The first-order valence-electron chi connectivity index (χ1n) is 7.18. The van der Waals surface area contributed by atoms with E-state index in [1.807, 2.05) is 0 Å². The van der Waals surface area contributed by atoms with E-state index in [0.29, 0.717) is 6.54 Å². The van der Waals surface area contributed by atoms with E-state index >= 15 is 0 Å². The quantitative estimate of drug-likeness (QED) is 0.496. The smallest absolute Gasteiger partial charge is 0.0869 e. The van der Waals surface area contributed by atoms with Crippen LogP contribution >= 0.6 is 0 Å². The fourth-order valence-electron chi connectivity index (χ4n) is 2.59. The lowest BCUT2D eigenvalue weighted by atomic mass is 9.60. The summed E-state index contributed by atoms with van der Waals surface area (Å²) in [6.45, 7) is 14.0. The predicted molar refractivity (Wildman–Crippen MR) is 76.1 cm³/mol. The molecule has 0 aliphatic heterocycles. The van der Waals surface area contributed by atoms with Crippen molar-refractivity contribution in [3.8, 4) is 0 Å². The van der Waals surface area contributed by atoms with Crippen LogP contribution < -0.4 is 0 Å². The van der Waals surface area contributed by atoms with Crippen molar-refractivity contribution in [2.24, 2.45) is 21.9 Å². The molecule has 0 radical (unpaired) electrons. The van der Waals surface area contributed by atoms with Crippen LogP contribution in [0.5, 0.6) is 0 Å². The van der Waals surface area contributed by atoms with Gasteiger partial charge in [0.05, 0.1) is 6.54 Å². The van der Waals surface area contributed by atoms with Gasteiger partial charge < -0.3 is 0 Å². The first-order chi connectivity index (χ1) is 7.89. The lowest BCUT2D eigenvalue weighted by Crippen LogP contribution is -2.39. The van der Waals surface area contributed by atoms with E-state index in [-0.39, 0.29) is 10.8 Å². The molecule has 102 valence electrons. The molecule has 0 aliphatic rings. The molecule has 0 spiro atoms. The van der Waals surface area contributed by atoms with Crippen LogP contribution in [0.25, 0.3) is 0 Å². The van der Waals surface area contributed by atoms with Gasteiger partial charge in [0.2, 0.25) is 0 Å². The summed E-state index contributed by atoms with van der Waals surface area (Å²) in [6, 6.07) is 0. The Morgan fingerprint density at radius 2 is 1.59 bits per heavy atom. The zero-order chi connectivity index (χ0) is 13.5. The van der Waals surface area contributed by atoms with Gasteiger partial charge in [0.25, 0.3) is 0 Å². The number of hydrogen-bond acceptors (Lipinski definition) is 2. The Labute approximate surface area is 108 Å². The summed E-state index contributed by atoms with van der Waals surface area (Å²) in [7, 11) is 0. The minimum Gasteiger partial charge on any atom is -0.151 e. The molecule has 0 aromatic carbocycles. The van der Waals surface area contributed by atoms with Crippen molar-refractivity contribution in [2.45, 2.75) is 73.6 Å². The van der Waals surface area contributed by atoms with Gasteiger partial charge in [-0.3, -0.25) is 0 Å². The van der Waals surface area contributed by atoms with E-state index in [1.54, 1.807) is 0 Å². The fourth-order valence-corrected chi connectivity index (χ4v) is 2.59. The Balaban J connectivity index is 4.81. The second kappa shape index (κ2) is 7.13. The lowest BCUT2D eigenvalue weighted by Gasteiger charge is -2.45. The van der Waals surface area contributed by atoms with E-state index in [0.717, 1.165) is 25.2 Å². The monoisotopic (exact) mass is 241 g/mol. The predicted octanol–water partition coefficient (Wildman–Crippen LogP) is 5.41. The first kappa shape index (κ1) is 16.6. The Morgan fingerprint density at radius 3 is 1.94 bits per heavy atom. The number of rotatable bonds is 9. The maximum Gasteiger partial charge on any atom is 0.0869 e. The summed E-state index contributed by atoms with van der Waals surface area (Å²) in [5.74, 6) is 0.749. The standard InChI is InChI=1S/C15H31NO/c1-7-13(4)10-11-15(6,12-16-17)14(5,8-2)9-3/h13H,7-12H2,1-6H3.